The molecule has 4 atom stereocenters. The lowest BCUT2D eigenvalue weighted by atomic mass is 9.68. The lowest BCUT2D eigenvalue weighted by molar-refractivity contribution is 0.0233. The molecule has 0 radical (unpaired) electrons. The second kappa shape index (κ2) is 4.35. The fraction of sp³-hybridized carbons (Fsp3) is 0.588. The largest absolute Gasteiger partial charge is 0.387 e. The zero-order chi connectivity index (χ0) is 13.6. The summed E-state index contributed by atoms with van der Waals surface area (Å²) >= 11 is 0. The molecule has 19 heavy (non-hydrogen) atoms. The van der Waals surface area contributed by atoms with Gasteiger partial charge in [-0.3, -0.25) is 0 Å². The van der Waals surface area contributed by atoms with Crippen molar-refractivity contribution in [1.82, 2.24) is 0 Å². The first-order chi connectivity index (χ1) is 9.06. The SMILES string of the molecule is Cc1ccc(C(O)C2(C#N)CC3CCC2C3)cc1C. The maximum absolute atomic E-state index is 10.8. The number of nitrogens with zero attached hydrogens (tertiary/aromatic N) is 1. The van der Waals surface area contributed by atoms with E-state index in [1.54, 1.807) is 0 Å². The van der Waals surface area contributed by atoms with Gasteiger partial charge in [0.25, 0.3) is 0 Å². The minimum atomic E-state index is -0.632. The number of hydrogen-bond donors (Lipinski definition) is 1. The Labute approximate surface area is 115 Å². The minimum absolute atomic E-state index is 0.388. The molecule has 2 saturated carbocycles. The molecule has 2 bridgehead atoms. The normalized spacial score (nSPS) is 34.2. The van der Waals surface area contributed by atoms with E-state index in [1.807, 2.05) is 18.2 Å². The summed E-state index contributed by atoms with van der Waals surface area (Å²) in [6, 6.07) is 8.57. The molecule has 0 spiro atoms. The highest BCUT2D eigenvalue weighted by Gasteiger charge is 2.55. The van der Waals surface area contributed by atoms with Crippen LogP contribution in [0, 0.1) is 42.4 Å². The first kappa shape index (κ1) is 12.7. The van der Waals surface area contributed by atoms with E-state index in [1.165, 1.54) is 17.5 Å². The van der Waals surface area contributed by atoms with Gasteiger partial charge in [-0.25, -0.2) is 0 Å². The lowest BCUT2D eigenvalue weighted by Gasteiger charge is -2.35. The Balaban J connectivity index is 1.96. The van der Waals surface area contributed by atoms with E-state index >= 15 is 0 Å². The van der Waals surface area contributed by atoms with Gasteiger partial charge in [0.05, 0.1) is 17.6 Å². The molecule has 2 nitrogen and oxygen atoms in total. The monoisotopic (exact) mass is 255 g/mol. The van der Waals surface area contributed by atoms with Crippen molar-refractivity contribution in [3.05, 3.63) is 34.9 Å². The number of fused-ring (bicyclic) bond motifs is 2. The maximum Gasteiger partial charge on any atom is 0.0979 e. The molecular formula is C17H21NO. The second-order valence-corrected chi connectivity index (χ2v) is 6.48. The molecule has 4 unspecified atom stereocenters. The van der Waals surface area contributed by atoms with Gasteiger partial charge in [-0.1, -0.05) is 24.6 Å². The zero-order valence-corrected chi connectivity index (χ0v) is 11.7. The minimum Gasteiger partial charge on any atom is -0.387 e. The van der Waals surface area contributed by atoms with Crippen LogP contribution in [0.4, 0.5) is 0 Å². The molecule has 1 aromatic rings. The Morgan fingerprint density at radius 3 is 2.63 bits per heavy atom. The third kappa shape index (κ3) is 1.80. The Hall–Kier alpha value is -1.33. The number of aryl methyl sites for hydroxylation is 2. The number of nitriles is 1. The second-order valence-electron chi connectivity index (χ2n) is 6.48. The molecule has 3 rings (SSSR count). The van der Waals surface area contributed by atoms with Gasteiger partial charge in [0.2, 0.25) is 0 Å². The standard InChI is InChI=1S/C17H21NO/c1-11-3-5-14(7-12(11)2)16(19)17(10-18)9-13-4-6-15(17)8-13/h3,5,7,13,15-16,19H,4,6,8-9H2,1-2H3. The van der Waals surface area contributed by atoms with Crippen molar-refractivity contribution in [3.8, 4) is 6.07 Å². The molecule has 2 aliphatic carbocycles. The summed E-state index contributed by atoms with van der Waals surface area (Å²) < 4.78 is 0. The summed E-state index contributed by atoms with van der Waals surface area (Å²) in [5, 5.41) is 20.5. The van der Waals surface area contributed by atoms with Crippen LogP contribution >= 0.6 is 0 Å². The fourth-order valence-corrected chi connectivity index (χ4v) is 4.14. The Morgan fingerprint density at radius 1 is 1.32 bits per heavy atom. The highest BCUT2D eigenvalue weighted by atomic mass is 16.3. The highest BCUT2D eigenvalue weighted by molar-refractivity contribution is 5.34. The molecule has 0 heterocycles. The summed E-state index contributed by atoms with van der Waals surface area (Å²) in [6.07, 6.45) is 3.73. The van der Waals surface area contributed by atoms with Crippen molar-refractivity contribution >= 4 is 0 Å². The van der Waals surface area contributed by atoms with Crippen LogP contribution in [0.2, 0.25) is 0 Å². The molecule has 0 aliphatic heterocycles. The summed E-state index contributed by atoms with van der Waals surface area (Å²) in [6.45, 7) is 4.13. The van der Waals surface area contributed by atoms with Crippen LogP contribution < -0.4 is 0 Å². The zero-order valence-electron chi connectivity index (χ0n) is 11.7. The summed E-state index contributed by atoms with van der Waals surface area (Å²) in [5.74, 6) is 1.05. The van der Waals surface area contributed by atoms with Crippen LogP contribution in [-0.4, -0.2) is 5.11 Å². The number of benzene rings is 1. The average molecular weight is 255 g/mol. The summed E-state index contributed by atoms with van der Waals surface area (Å²) in [7, 11) is 0. The molecule has 0 amide bonds. The Morgan fingerprint density at radius 2 is 2.11 bits per heavy atom. The number of aliphatic hydroxyl groups is 1. The molecule has 2 aliphatic rings. The Bertz CT molecular complexity index is 545. The van der Waals surface area contributed by atoms with Gasteiger partial charge in [-0.05, 0) is 61.6 Å². The molecule has 1 aromatic carbocycles. The first-order valence-corrected chi connectivity index (χ1v) is 7.23. The Kier molecular flexibility index (Phi) is 2.91. The van der Waals surface area contributed by atoms with Gasteiger partial charge in [0.1, 0.15) is 0 Å². The van der Waals surface area contributed by atoms with Crippen LogP contribution in [0.15, 0.2) is 18.2 Å². The number of aliphatic hydroxyl groups excluding tert-OH is 1. The molecule has 0 aromatic heterocycles. The third-order valence-electron chi connectivity index (χ3n) is 5.44. The van der Waals surface area contributed by atoms with Gasteiger partial charge >= 0.3 is 0 Å². The quantitative estimate of drug-likeness (QED) is 0.876. The van der Waals surface area contributed by atoms with Gasteiger partial charge < -0.3 is 5.11 Å². The molecule has 2 heteroatoms. The third-order valence-corrected chi connectivity index (χ3v) is 5.44. The topological polar surface area (TPSA) is 44.0 Å². The van der Waals surface area contributed by atoms with Gasteiger partial charge in [0, 0.05) is 0 Å². The van der Waals surface area contributed by atoms with E-state index in [9.17, 15) is 10.4 Å². The van der Waals surface area contributed by atoms with Crippen molar-refractivity contribution < 1.29 is 5.11 Å². The molecule has 0 saturated heterocycles. The van der Waals surface area contributed by atoms with E-state index in [2.05, 4.69) is 19.9 Å². The van der Waals surface area contributed by atoms with Gasteiger partial charge in [-0.2, -0.15) is 5.26 Å². The van der Waals surface area contributed by atoms with Crippen LogP contribution in [0.3, 0.4) is 0 Å². The van der Waals surface area contributed by atoms with Crippen LogP contribution in [0.25, 0.3) is 0 Å². The van der Waals surface area contributed by atoms with Gasteiger partial charge in [0.15, 0.2) is 0 Å². The predicted octanol–water partition coefficient (Wildman–Crippen LogP) is 3.67. The highest BCUT2D eigenvalue weighted by Crippen LogP contribution is 2.60. The van der Waals surface area contributed by atoms with Crippen molar-refractivity contribution in [1.29, 1.82) is 5.26 Å². The van der Waals surface area contributed by atoms with Crippen LogP contribution in [0.1, 0.15) is 48.5 Å². The lowest BCUT2D eigenvalue weighted by Crippen LogP contribution is -2.33. The van der Waals surface area contributed by atoms with E-state index in [-0.39, 0.29) is 0 Å². The summed E-state index contributed by atoms with van der Waals surface area (Å²) in [5.41, 5.74) is 2.80. The maximum atomic E-state index is 10.8. The molecule has 1 N–H and O–H groups in total. The van der Waals surface area contributed by atoms with Crippen molar-refractivity contribution in [2.24, 2.45) is 17.3 Å². The first-order valence-electron chi connectivity index (χ1n) is 7.23. The summed E-state index contributed by atoms with van der Waals surface area (Å²) in [4.78, 5) is 0. The van der Waals surface area contributed by atoms with Crippen LogP contribution in [-0.2, 0) is 0 Å². The average Bonchev–Trinajstić information content (AvgIpc) is 3.02. The van der Waals surface area contributed by atoms with Crippen LogP contribution in [0.5, 0.6) is 0 Å². The number of rotatable bonds is 2. The van der Waals surface area contributed by atoms with E-state index in [0.717, 1.165) is 24.8 Å². The predicted molar refractivity (Wildman–Crippen MR) is 74.4 cm³/mol. The van der Waals surface area contributed by atoms with Crippen molar-refractivity contribution in [3.63, 3.8) is 0 Å². The molecule has 100 valence electrons. The molecule has 2 fully saturated rings. The van der Waals surface area contributed by atoms with Crippen molar-refractivity contribution in [2.45, 2.75) is 45.6 Å². The fourth-order valence-electron chi connectivity index (χ4n) is 4.14. The molecular weight excluding hydrogens is 234 g/mol. The van der Waals surface area contributed by atoms with E-state index < -0.39 is 11.5 Å². The number of hydrogen-bond acceptors (Lipinski definition) is 2. The van der Waals surface area contributed by atoms with E-state index in [4.69, 9.17) is 0 Å². The van der Waals surface area contributed by atoms with Gasteiger partial charge in [-0.15, -0.1) is 0 Å². The smallest absolute Gasteiger partial charge is 0.0979 e. The van der Waals surface area contributed by atoms with Crippen molar-refractivity contribution in [2.75, 3.05) is 0 Å². The van der Waals surface area contributed by atoms with E-state index in [0.29, 0.717) is 11.8 Å².